The maximum Gasteiger partial charge on any atom is 0.246 e. The Hall–Kier alpha value is -2.99. The molecule has 138 valence electrons. The molecule has 3 rings (SSSR count). The number of rotatable bonds is 7. The smallest absolute Gasteiger partial charge is 0.246 e. The van der Waals surface area contributed by atoms with Gasteiger partial charge in [0.05, 0.1) is 6.54 Å². The number of hydrogen-bond donors (Lipinski definition) is 1. The van der Waals surface area contributed by atoms with E-state index in [-0.39, 0.29) is 37.0 Å². The van der Waals surface area contributed by atoms with Gasteiger partial charge >= 0.3 is 0 Å². The lowest BCUT2D eigenvalue weighted by Crippen LogP contribution is -2.23. The molecular weight excluding hydrogens is 366 g/mol. The summed E-state index contributed by atoms with van der Waals surface area (Å²) in [4.78, 5) is 28.3. The van der Waals surface area contributed by atoms with Crippen molar-refractivity contribution in [3.05, 3.63) is 70.6 Å². The first-order valence-electron chi connectivity index (χ1n) is 8.46. The first-order valence-corrected chi connectivity index (χ1v) is 8.84. The molecular formula is C20H18ClN3O3. The number of carbonyl (C=O) groups excluding carboxylic acids is 2. The largest absolute Gasteiger partial charge is 0.347 e. The van der Waals surface area contributed by atoms with Crippen molar-refractivity contribution < 1.29 is 14.1 Å². The Bertz CT molecular complexity index is 951. The molecule has 7 heteroatoms. The lowest BCUT2D eigenvalue weighted by molar-refractivity contribution is -0.121. The number of benzene rings is 2. The number of hydrogen-bond acceptors (Lipinski definition) is 5. The first kappa shape index (κ1) is 18.8. The monoisotopic (exact) mass is 383 g/mol. The van der Waals surface area contributed by atoms with Gasteiger partial charge in [-0.1, -0.05) is 58.7 Å². The van der Waals surface area contributed by atoms with Gasteiger partial charge in [-0.3, -0.25) is 9.59 Å². The van der Waals surface area contributed by atoms with E-state index in [2.05, 4.69) is 15.5 Å². The van der Waals surface area contributed by atoms with Crippen molar-refractivity contribution in [2.24, 2.45) is 0 Å². The summed E-state index contributed by atoms with van der Waals surface area (Å²) in [5, 5.41) is 7.13. The van der Waals surface area contributed by atoms with E-state index < -0.39 is 0 Å². The molecule has 1 amide bonds. The van der Waals surface area contributed by atoms with Crippen molar-refractivity contribution in [2.75, 3.05) is 0 Å². The maximum absolute atomic E-state index is 12.1. The summed E-state index contributed by atoms with van der Waals surface area (Å²) in [5.74, 6) is 0.364. The highest BCUT2D eigenvalue weighted by Gasteiger charge is 2.12. The molecule has 0 aliphatic heterocycles. The zero-order chi connectivity index (χ0) is 19.2. The third kappa shape index (κ3) is 5.24. The lowest BCUT2D eigenvalue weighted by atomic mass is 10.1. The van der Waals surface area contributed by atoms with Gasteiger partial charge in [0, 0.05) is 29.0 Å². The van der Waals surface area contributed by atoms with Crippen molar-refractivity contribution in [1.82, 2.24) is 15.5 Å². The van der Waals surface area contributed by atoms with E-state index in [1.807, 2.05) is 25.1 Å². The summed E-state index contributed by atoms with van der Waals surface area (Å²) in [7, 11) is 0. The van der Waals surface area contributed by atoms with Crippen LogP contribution in [0.2, 0.25) is 5.02 Å². The summed E-state index contributed by atoms with van der Waals surface area (Å²) >= 11 is 5.95. The normalized spacial score (nSPS) is 10.6. The van der Waals surface area contributed by atoms with E-state index in [1.54, 1.807) is 30.3 Å². The van der Waals surface area contributed by atoms with E-state index in [9.17, 15) is 9.59 Å². The van der Waals surface area contributed by atoms with Crippen LogP contribution in [0.5, 0.6) is 0 Å². The van der Waals surface area contributed by atoms with Crippen LogP contribution in [0.4, 0.5) is 0 Å². The lowest BCUT2D eigenvalue weighted by Gasteiger charge is -2.03. The molecule has 0 fully saturated rings. The second-order valence-corrected chi connectivity index (χ2v) is 6.52. The number of aromatic nitrogens is 2. The molecule has 0 saturated carbocycles. The van der Waals surface area contributed by atoms with Gasteiger partial charge in [0.25, 0.3) is 0 Å². The van der Waals surface area contributed by atoms with E-state index in [1.165, 1.54) is 0 Å². The SMILES string of the molecule is Cc1ccc(C(=O)CCC(=O)NCc2nc(-c3cccc(Cl)c3)no2)cc1. The summed E-state index contributed by atoms with van der Waals surface area (Å²) in [6.07, 6.45) is 0.245. The minimum atomic E-state index is -0.252. The molecule has 0 spiro atoms. The Morgan fingerprint density at radius 1 is 1.11 bits per heavy atom. The number of halogens is 1. The van der Waals surface area contributed by atoms with Gasteiger partial charge in [0.15, 0.2) is 5.78 Å². The van der Waals surface area contributed by atoms with Crippen molar-refractivity contribution in [3.8, 4) is 11.4 Å². The molecule has 1 heterocycles. The van der Waals surface area contributed by atoms with Crippen LogP contribution in [0, 0.1) is 6.92 Å². The number of nitrogens with zero attached hydrogens (tertiary/aromatic N) is 2. The number of amides is 1. The average Bonchev–Trinajstić information content (AvgIpc) is 3.14. The zero-order valence-electron chi connectivity index (χ0n) is 14.7. The third-order valence-electron chi connectivity index (χ3n) is 3.94. The number of nitrogens with one attached hydrogen (secondary N) is 1. The molecule has 0 radical (unpaired) electrons. The van der Waals surface area contributed by atoms with Crippen molar-refractivity contribution in [3.63, 3.8) is 0 Å². The van der Waals surface area contributed by atoms with Gasteiger partial charge in [0.2, 0.25) is 17.6 Å². The van der Waals surface area contributed by atoms with Gasteiger partial charge in [0.1, 0.15) is 0 Å². The van der Waals surface area contributed by atoms with E-state index in [4.69, 9.17) is 16.1 Å². The fourth-order valence-electron chi connectivity index (χ4n) is 2.44. The summed E-state index contributed by atoms with van der Waals surface area (Å²) in [6.45, 7) is 2.06. The van der Waals surface area contributed by atoms with Crippen LogP contribution in [-0.2, 0) is 11.3 Å². The molecule has 3 aromatic rings. The molecule has 0 saturated heterocycles. The van der Waals surface area contributed by atoms with Crippen LogP contribution in [0.3, 0.4) is 0 Å². The second kappa shape index (κ2) is 8.60. The van der Waals surface area contributed by atoms with E-state index in [0.29, 0.717) is 16.4 Å². The van der Waals surface area contributed by atoms with Gasteiger partial charge < -0.3 is 9.84 Å². The zero-order valence-corrected chi connectivity index (χ0v) is 15.5. The number of ketones is 1. The molecule has 2 aromatic carbocycles. The van der Waals surface area contributed by atoms with Gasteiger partial charge in [-0.2, -0.15) is 4.98 Å². The molecule has 0 unspecified atom stereocenters. The average molecular weight is 384 g/mol. The standard InChI is InChI=1S/C20H18ClN3O3/c1-13-5-7-14(8-6-13)17(25)9-10-18(26)22-12-19-23-20(24-27-19)15-3-2-4-16(21)11-15/h2-8,11H,9-10,12H2,1H3,(H,22,26). The first-order chi connectivity index (χ1) is 13.0. The molecule has 6 nitrogen and oxygen atoms in total. The predicted octanol–water partition coefficient (Wildman–Crippen LogP) is 3.98. The van der Waals surface area contributed by atoms with Crippen LogP contribution in [0.1, 0.15) is 34.7 Å². The minimum absolute atomic E-state index is 0.0637. The fraction of sp³-hybridized carbons (Fsp3) is 0.200. The molecule has 0 aliphatic rings. The van der Waals surface area contributed by atoms with Gasteiger partial charge in [-0.15, -0.1) is 0 Å². The quantitative estimate of drug-likeness (QED) is 0.624. The highest BCUT2D eigenvalue weighted by molar-refractivity contribution is 6.30. The van der Waals surface area contributed by atoms with Crippen LogP contribution in [0.25, 0.3) is 11.4 Å². The van der Waals surface area contributed by atoms with Crippen LogP contribution >= 0.6 is 11.6 Å². The molecule has 1 aromatic heterocycles. The molecule has 1 N–H and O–H groups in total. The van der Waals surface area contributed by atoms with E-state index in [0.717, 1.165) is 11.1 Å². The Kier molecular flexibility index (Phi) is 5.98. The number of aryl methyl sites for hydroxylation is 1. The van der Waals surface area contributed by atoms with Crippen LogP contribution in [0.15, 0.2) is 53.1 Å². The maximum atomic E-state index is 12.1. The van der Waals surface area contributed by atoms with Gasteiger partial charge in [-0.05, 0) is 19.1 Å². The second-order valence-electron chi connectivity index (χ2n) is 6.09. The Morgan fingerprint density at radius 3 is 2.63 bits per heavy atom. The van der Waals surface area contributed by atoms with Crippen LogP contribution < -0.4 is 5.32 Å². The topological polar surface area (TPSA) is 85.1 Å². The number of Topliss-reactive ketones (excluding diaryl/α,β-unsaturated/α-hetero) is 1. The van der Waals surface area contributed by atoms with Crippen LogP contribution in [-0.4, -0.2) is 21.8 Å². The molecule has 0 bridgehead atoms. The van der Waals surface area contributed by atoms with Gasteiger partial charge in [-0.25, -0.2) is 0 Å². The van der Waals surface area contributed by atoms with Crippen molar-refractivity contribution in [1.29, 1.82) is 0 Å². The summed E-state index contributed by atoms with van der Waals surface area (Å²) < 4.78 is 5.13. The highest BCUT2D eigenvalue weighted by Crippen LogP contribution is 2.19. The number of carbonyl (C=O) groups is 2. The van der Waals surface area contributed by atoms with Crippen molar-refractivity contribution >= 4 is 23.3 Å². The minimum Gasteiger partial charge on any atom is -0.347 e. The van der Waals surface area contributed by atoms with Crippen molar-refractivity contribution in [2.45, 2.75) is 26.3 Å². The Labute approximate surface area is 161 Å². The van der Waals surface area contributed by atoms with E-state index >= 15 is 0 Å². The Morgan fingerprint density at radius 2 is 1.89 bits per heavy atom. The fourth-order valence-corrected chi connectivity index (χ4v) is 2.64. The summed E-state index contributed by atoms with van der Waals surface area (Å²) in [6, 6.07) is 14.4. The predicted molar refractivity (Wildman–Crippen MR) is 101 cm³/mol. The summed E-state index contributed by atoms with van der Waals surface area (Å²) in [5.41, 5.74) is 2.42. The third-order valence-corrected chi connectivity index (χ3v) is 4.18. The Balaban J connectivity index is 1.48. The molecule has 0 atom stereocenters. The highest BCUT2D eigenvalue weighted by atomic mass is 35.5. The molecule has 27 heavy (non-hydrogen) atoms. The molecule has 0 aliphatic carbocycles.